The molecule has 0 unspecified atom stereocenters. The number of benzene rings is 3. The molecule has 3 aromatic rings. The minimum absolute atomic E-state index is 0.00475. The van der Waals surface area contributed by atoms with E-state index in [1.165, 1.54) is 55.3 Å². The minimum atomic E-state index is -1.23. The number of nitrogens with zero attached hydrogens (tertiary/aromatic N) is 3. The van der Waals surface area contributed by atoms with Gasteiger partial charge in [0.2, 0.25) is 11.8 Å². The molecule has 0 saturated carbocycles. The van der Waals surface area contributed by atoms with Gasteiger partial charge in [-0.3, -0.25) is 24.1 Å². The van der Waals surface area contributed by atoms with Crippen molar-refractivity contribution in [2.24, 2.45) is 11.8 Å². The summed E-state index contributed by atoms with van der Waals surface area (Å²) in [6.07, 6.45) is -0.341. The topological polar surface area (TPSA) is 175 Å². The molecule has 6 atom stereocenters. The van der Waals surface area contributed by atoms with Crippen LogP contribution in [0.15, 0.2) is 72.8 Å². The number of aromatic hydroxyl groups is 2. The summed E-state index contributed by atoms with van der Waals surface area (Å²) in [5, 5.41) is 22.6. The molecule has 3 aromatic carbocycles. The Morgan fingerprint density at radius 2 is 1.09 bits per heavy atom. The highest BCUT2D eigenvalue weighted by molar-refractivity contribution is 5.95. The molecule has 14 nitrogen and oxygen atoms in total. The number of methoxy groups -OCH3 is 2. The molecule has 0 bridgehead atoms. The summed E-state index contributed by atoms with van der Waals surface area (Å²) < 4.78 is 16.3. The molecule has 14 heteroatoms. The summed E-state index contributed by atoms with van der Waals surface area (Å²) in [7, 11) is 9.21. The second-order valence-corrected chi connectivity index (χ2v) is 15.2. The number of ether oxygens (including phenoxy) is 3. The highest BCUT2D eigenvalue weighted by Crippen LogP contribution is 2.22. The zero-order valence-corrected chi connectivity index (χ0v) is 35.3. The Labute approximate surface area is 342 Å². The van der Waals surface area contributed by atoms with Crippen molar-refractivity contribution in [1.82, 2.24) is 20.0 Å². The van der Waals surface area contributed by atoms with Gasteiger partial charge in [-0.05, 0) is 85.9 Å². The first-order valence-electron chi connectivity index (χ1n) is 19.4. The van der Waals surface area contributed by atoms with Crippen LogP contribution in [0.1, 0.15) is 50.8 Å². The van der Waals surface area contributed by atoms with Crippen molar-refractivity contribution >= 4 is 29.7 Å². The number of nitrogens with one attached hydrogen (secondary N) is 1. The lowest BCUT2D eigenvalue weighted by atomic mass is 9.96. The number of carbonyl (C=O) groups is 5. The SMILES string of the molecule is CC[C@@H](C)[C@@H](OC(=O)[C@@H](Cc1ccc(OC)cc1)N(C)C)C(=O)N[C@@H](C(=O)N(C)[C@H](Cc1ccc(O)cc1)C(=O)N(C)[C@H](Cc1ccc(O)cc1)C(=O)OC)C(C)C. The van der Waals surface area contributed by atoms with Crippen LogP contribution in [0.3, 0.4) is 0 Å². The minimum Gasteiger partial charge on any atom is -0.508 e. The fourth-order valence-corrected chi connectivity index (χ4v) is 6.43. The van der Waals surface area contributed by atoms with Crippen molar-refractivity contribution in [2.45, 2.75) is 83.6 Å². The third kappa shape index (κ3) is 12.7. The molecule has 316 valence electrons. The van der Waals surface area contributed by atoms with Gasteiger partial charge in [-0.1, -0.05) is 64.1 Å². The van der Waals surface area contributed by atoms with Gasteiger partial charge in [0, 0.05) is 32.9 Å². The molecule has 0 saturated heterocycles. The van der Waals surface area contributed by atoms with Crippen LogP contribution >= 0.6 is 0 Å². The summed E-state index contributed by atoms with van der Waals surface area (Å²) in [5.41, 5.74) is 2.15. The quantitative estimate of drug-likeness (QED) is 0.141. The van der Waals surface area contributed by atoms with Crippen LogP contribution < -0.4 is 10.1 Å². The smallest absolute Gasteiger partial charge is 0.328 e. The largest absolute Gasteiger partial charge is 0.508 e. The second kappa shape index (κ2) is 21.8. The van der Waals surface area contributed by atoms with Crippen molar-refractivity contribution in [3.05, 3.63) is 89.5 Å². The standard InChI is InChI=1S/C44H60N4O10/c1-11-28(4)39(58-44(55)36(46(5)6)25-31-16-22-34(56-9)23-17-31)40(51)45-38(27(2)3)42(53)47(7)35(24-29-12-18-32(49)19-13-29)41(52)48(8)37(43(54)57-10)26-30-14-20-33(50)21-15-30/h12-23,27-28,35-39,49-50H,11,24-26H2,1-10H3,(H,45,51)/t28-,35-,36-,37-,38-,39-/m1/s1. The molecule has 0 heterocycles. The van der Waals surface area contributed by atoms with Crippen molar-refractivity contribution in [2.75, 3.05) is 42.4 Å². The number of likely N-dealkylation sites (N-methyl/N-ethyl adjacent to an activating group) is 3. The van der Waals surface area contributed by atoms with Gasteiger partial charge in [-0.2, -0.15) is 0 Å². The van der Waals surface area contributed by atoms with E-state index in [0.717, 1.165) is 5.56 Å². The van der Waals surface area contributed by atoms with Crippen LogP contribution in [-0.4, -0.2) is 127 Å². The molecule has 0 spiro atoms. The van der Waals surface area contributed by atoms with Gasteiger partial charge < -0.3 is 39.5 Å². The Kier molecular flexibility index (Phi) is 17.5. The molecule has 3 N–H and O–H groups in total. The van der Waals surface area contributed by atoms with E-state index in [0.29, 0.717) is 29.7 Å². The first kappa shape index (κ1) is 46.8. The number of hydrogen-bond acceptors (Lipinski definition) is 11. The number of esters is 2. The molecular formula is C44H60N4O10. The highest BCUT2D eigenvalue weighted by atomic mass is 16.6. The van der Waals surface area contributed by atoms with Crippen molar-refractivity contribution < 1.29 is 48.4 Å². The first-order valence-corrected chi connectivity index (χ1v) is 19.4. The second-order valence-electron chi connectivity index (χ2n) is 15.2. The van der Waals surface area contributed by atoms with E-state index in [1.54, 1.807) is 83.3 Å². The maximum Gasteiger partial charge on any atom is 0.328 e. The zero-order chi connectivity index (χ0) is 43.3. The molecule has 0 aliphatic carbocycles. The van der Waals surface area contributed by atoms with Crippen molar-refractivity contribution in [1.29, 1.82) is 0 Å². The summed E-state index contributed by atoms with van der Waals surface area (Å²) in [4.78, 5) is 74.2. The van der Waals surface area contributed by atoms with E-state index in [1.807, 2.05) is 19.1 Å². The van der Waals surface area contributed by atoms with Crippen molar-refractivity contribution in [3.8, 4) is 17.2 Å². The average molecular weight is 805 g/mol. The molecular weight excluding hydrogens is 745 g/mol. The van der Waals surface area contributed by atoms with Gasteiger partial charge in [0.25, 0.3) is 5.91 Å². The van der Waals surface area contributed by atoms with E-state index >= 15 is 0 Å². The van der Waals surface area contributed by atoms with Gasteiger partial charge in [-0.25, -0.2) is 4.79 Å². The Morgan fingerprint density at radius 3 is 1.52 bits per heavy atom. The van der Waals surface area contributed by atoms with Crippen LogP contribution in [0.4, 0.5) is 0 Å². The first-order chi connectivity index (χ1) is 27.4. The lowest BCUT2D eigenvalue weighted by Gasteiger charge is -2.36. The predicted octanol–water partition coefficient (Wildman–Crippen LogP) is 3.99. The lowest BCUT2D eigenvalue weighted by molar-refractivity contribution is -0.164. The maximum atomic E-state index is 14.5. The number of carbonyl (C=O) groups excluding carboxylic acids is 5. The number of phenolic OH excluding ortho intramolecular Hbond substituents is 2. The third-order valence-electron chi connectivity index (χ3n) is 10.5. The summed E-state index contributed by atoms with van der Waals surface area (Å²) in [6.45, 7) is 7.18. The van der Waals surface area contributed by atoms with Crippen LogP contribution in [-0.2, 0) is 52.7 Å². The molecule has 3 rings (SSSR count). The monoisotopic (exact) mass is 804 g/mol. The maximum absolute atomic E-state index is 14.5. The molecule has 3 amide bonds. The van der Waals surface area contributed by atoms with Crippen LogP contribution in [0.5, 0.6) is 17.2 Å². The van der Waals surface area contributed by atoms with Gasteiger partial charge in [0.15, 0.2) is 6.10 Å². The highest BCUT2D eigenvalue weighted by Gasteiger charge is 2.40. The number of amides is 3. The molecule has 0 aromatic heterocycles. The molecule has 58 heavy (non-hydrogen) atoms. The Hall–Kier alpha value is -5.63. The Morgan fingerprint density at radius 1 is 0.638 bits per heavy atom. The zero-order valence-electron chi connectivity index (χ0n) is 35.3. The summed E-state index contributed by atoms with van der Waals surface area (Å²) in [5.74, 6) is -3.22. The average Bonchev–Trinajstić information content (AvgIpc) is 3.21. The molecule has 0 aliphatic rings. The number of rotatable bonds is 20. The van der Waals surface area contributed by atoms with Gasteiger partial charge in [-0.15, -0.1) is 0 Å². The third-order valence-corrected chi connectivity index (χ3v) is 10.5. The van der Waals surface area contributed by atoms with E-state index in [9.17, 15) is 34.2 Å². The lowest BCUT2D eigenvalue weighted by Crippen LogP contribution is -2.59. The van der Waals surface area contributed by atoms with Crippen molar-refractivity contribution in [3.63, 3.8) is 0 Å². The number of hydrogen-bond donors (Lipinski definition) is 3. The normalized spacial score (nSPS) is 14.3. The molecule has 0 aliphatic heterocycles. The van der Waals surface area contributed by atoms with Crippen LogP contribution in [0.2, 0.25) is 0 Å². The van der Waals surface area contributed by atoms with E-state index in [-0.39, 0.29) is 24.3 Å². The van der Waals surface area contributed by atoms with Gasteiger partial charge >= 0.3 is 11.9 Å². The fourth-order valence-electron chi connectivity index (χ4n) is 6.43. The van der Waals surface area contributed by atoms with E-state index < -0.39 is 71.8 Å². The van der Waals surface area contributed by atoms with E-state index in [4.69, 9.17) is 14.2 Å². The summed E-state index contributed by atoms with van der Waals surface area (Å²) >= 11 is 0. The number of phenols is 2. The van der Waals surface area contributed by atoms with Crippen LogP contribution in [0.25, 0.3) is 0 Å². The molecule has 0 fully saturated rings. The molecule has 0 radical (unpaired) electrons. The summed E-state index contributed by atoms with van der Waals surface area (Å²) in [6, 6.07) is 15.6. The fraction of sp³-hybridized carbons (Fsp3) is 0.477. The Balaban J connectivity index is 1.92. The van der Waals surface area contributed by atoms with Crippen LogP contribution in [0, 0.1) is 11.8 Å². The van der Waals surface area contributed by atoms with Gasteiger partial charge in [0.05, 0.1) is 14.2 Å². The predicted molar refractivity (Wildman–Crippen MR) is 219 cm³/mol. The van der Waals surface area contributed by atoms with E-state index in [2.05, 4.69) is 5.32 Å². The Bertz CT molecular complexity index is 1820. The van der Waals surface area contributed by atoms with Gasteiger partial charge in [0.1, 0.15) is 41.4 Å².